The van der Waals surface area contributed by atoms with Crippen LogP contribution in [0.2, 0.25) is 0 Å². The SMILES string of the molecule is Cc1cccc(S(=O)(=O)Nc2cccn3nc(C)nc23)c1. The molecular formula is C14H14N4O2S. The van der Waals surface area contributed by atoms with Crippen molar-refractivity contribution in [3.8, 4) is 0 Å². The van der Waals surface area contributed by atoms with Crippen molar-refractivity contribution in [3.63, 3.8) is 0 Å². The summed E-state index contributed by atoms with van der Waals surface area (Å²) in [7, 11) is -3.65. The smallest absolute Gasteiger partial charge is 0.262 e. The molecule has 3 aromatic rings. The Hall–Kier alpha value is -2.41. The number of aryl methyl sites for hydroxylation is 2. The van der Waals surface area contributed by atoms with Gasteiger partial charge in [-0.15, -0.1) is 0 Å². The van der Waals surface area contributed by atoms with Gasteiger partial charge < -0.3 is 0 Å². The molecule has 2 heterocycles. The summed E-state index contributed by atoms with van der Waals surface area (Å²) in [6.07, 6.45) is 1.72. The molecule has 0 aliphatic heterocycles. The molecule has 2 aromatic heterocycles. The van der Waals surface area contributed by atoms with Gasteiger partial charge in [0, 0.05) is 6.20 Å². The molecule has 0 aliphatic rings. The average Bonchev–Trinajstić information content (AvgIpc) is 2.80. The maximum absolute atomic E-state index is 12.4. The lowest BCUT2D eigenvalue weighted by atomic mass is 10.2. The van der Waals surface area contributed by atoms with Crippen LogP contribution in [0.1, 0.15) is 11.4 Å². The number of aromatic nitrogens is 3. The Labute approximate surface area is 122 Å². The monoisotopic (exact) mass is 302 g/mol. The van der Waals surface area contributed by atoms with Crippen LogP contribution in [0.3, 0.4) is 0 Å². The molecule has 0 atom stereocenters. The number of sulfonamides is 1. The summed E-state index contributed by atoms with van der Waals surface area (Å²) in [5, 5.41) is 4.16. The predicted octanol–water partition coefficient (Wildman–Crippen LogP) is 2.15. The molecule has 0 saturated heterocycles. The van der Waals surface area contributed by atoms with Crippen molar-refractivity contribution in [1.82, 2.24) is 14.6 Å². The minimum atomic E-state index is -3.65. The lowest BCUT2D eigenvalue weighted by Gasteiger charge is -2.09. The number of pyridine rings is 1. The summed E-state index contributed by atoms with van der Waals surface area (Å²) >= 11 is 0. The highest BCUT2D eigenvalue weighted by atomic mass is 32.2. The highest BCUT2D eigenvalue weighted by Gasteiger charge is 2.16. The van der Waals surface area contributed by atoms with E-state index < -0.39 is 10.0 Å². The number of anilines is 1. The van der Waals surface area contributed by atoms with Crippen molar-refractivity contribution in [1.29, 1.82) is 0 Å². The Balaban J connectivity index is 2.05. The summed E-state index contributed by atoms with van der Waals surface area (Å²) in [5.74, 6) is 0.581. The molecule has 0 aliphatic carbocycles. The van der Waals surface area contributed by atoms with Crippen molar-refractivity contribution in [2.75, 3.05) is 4.72 Å². The molecule has 108 valence electrons. The fourth-order valence-electron chi connectivity index (χ4n) is 2.08. The van der Waals surface area contributed by atoms with Crippen LogP contribution in [0.25, 0.3) is 5.65 Å². The van der Waals surface area contributed by atoms with Crippen molar-refractivity contribution in [2.24, 2.45) is 0 Å². The second-order valence-electron chi connectivity index (χ2n) is 4.77. The summed E-state index contributed by atoms with van der Waals surface area (Å²) in [6.45, 7) is 3.60. The first-order chi connectivity index (χ1) is 9.95. The number of benzene rings is 1. The molecule has 0 spiro atoms. The summed E-state index contributed by atoms with van der Waals surface area (Å²) in [4.78, 5) is 4.46. The van der Waals surface area contributed by atoms with E-state index in [1.807, 2.05) is 13.0 Å². The van der Waals surface area contributed by atoms with Gasteiger partial charge in [0.1, 0.15) is 5.82 Å². The van der Waals surface area contributed by atoms with Crippen molar-refractivity contribution in [2.45, 2.75) is 18.7 Å². The topological polar surface area (TPSA) is 76.4 Å². The van der Waals surface area contributed by atoms with Crippen LogP contribution in [0.5, 0.6) is 0 Å². The summed E-state index contributed by atoms with van der Waals surface area (Å²) in [6, 6.07) is 10.1. The Morgan fingerprint density at radius 3 is 2.71 bits per heavy atom. The third kappa shape index (κ3) is 2.59. The van der Waals surface area contributed by atoms with E-state index in [9.17, 15) is 8.42 Å². The minimum absolute atomic E-state index is 0.223. The van der Waals surface area contributed by atoms with Gasteiger partial charge >= 0.3 is 0 Å². The van der Waals surface area contributed by atoms with Crippen molar-refractivity contribution < 1.29 is 8.42 Å². The van der Waals surface area contributed by atoms with Gasteiger partial charge in [-0.1, -0.05) is 12.1 Å². The quantitative estimate of drug-likeness (QED) is 0.804. The molecule has 0 amide bonds. The Bertz CT molecular complexity index is 916. The van der Waals surface area contributed by atoms with E-state index in [2.05, 4.69) is 14.8 Å². The molecule has 0 saturated carbocycles. The first kappa shape index (κ1) is 13.6. The maximum Gasteiger partial charge on any atom is 0.262 e. The van der Waals surface area contributed by atoms with Gasteiger partial charge in [-0.25, -0.2) is 17.9 Å². The van der Waals surface area contributed by atoms with Crippen LogP contribution >= 0.6 is 0 Å². The first-order valence-corrected chi connectivity index (χ1v) is 7.85. The Morgan fingerprint density at radius 2 is 1.95 bits per heavy atom. The molecule has 0 radical (unpaired) electrons. The van der Waals surface area contributed by atoms with Gasteiger partial charge in [0.05, 0.1) is 10.6 Å². The van der Waals surface area contributed by atoms with E-state index >= 15 is 0 Å². The predicted molar refractivity (Wildman–Crippen MR) is 79.7 cm³/mol. The number of nitrogens with zero attached hydrogens (tertiary/aromatic N) is 3. The second-order valence-corrected chi connectivity index (χ2v) is 6.45. The number of hydrogen-bond acceptors (Lipinski definition) is 4. The molecule has 1 N–H and O–H groups in total. The van der Waals surface area contributed by atoms with E-state index in [4.69, 9.17) is 0 Å². The zero-order chi connectivity index (χ0) is 15.0. The highest BCUT2D eigenvalue weighted by molar-refractivity contribution is 7.92. The summed E-state index contributed by atoms with van der Waals surface area (Å²) in [5.41, 5.74) is 1.76. The fourth-order valence-corrected chi connectivity index (χ4v) is 3.24. The van der Waals surface area contributed by atoms with Crippen LogP contribution in [-0.4, -0.2) is 23.0 Å². The molecular weight excluding hydrogens is 288 g/mol. The maximum atomic E-state index is 12.4. The van der Waals surface area contributed by atoms with Gasteiger partial charge in [0.2, 0.25) is 0 Å². The van der Waals surface area contributed by atoms with Crippen LogP contribution < -0.4 is 4.72 Å². The van der Waals surface area contributed by atoms with Gasteiger partial charge in [-0.2, -0.15) is 5.10 Å². The molecule has 0 unspecified atom stereocenters. The van der Waals surface area contributed by atoms with Crippen LogP contribution in [0, 0.1) is 13.8 Å². The number of rotatable bonds is 3. The highest BCUT2D eigenvalue weighted by Crippen LogP contribution is 2.20. The van der Waals surface area contributed by atoms with E-state index in [1.54, 1.807) is 48.0 Å². The van der Waals surface area contributed by atoms with E-state index in [1.165, 1.54) is 0 Å². The lowest BCUT2D eigenvalue weighted by molar-refractivity contribution is 0.601. The van der Waals surface area contributed by atoms with Crippen LogP contribution in [-0.2, 0) is 10.0 Å². The largest absolute Gasteiger partial charge is 0.276 e. The van der Waals surface area contributed by atoms with E-state index in [0.717, 1.165) is 5.56 Å². The minimum Gasteiger partial charge on any atom is -0.276 e. The average molecular weight is 302 g/mol. The van der Waals surface area contributed by atoms with Gasteiger partial charge in [-0.05, 0) is 43.7 Å². The van der Waals surface area contributed by atoms with Crippen LogP contribution in [0.4, 0.5) is 5.69 Å². The van der Waals surface area contributed by atoms with Crippen LogP contribution in [0.15, 0.2) is 47.5 Å². The van der Waals surface area contributed by atoms with Gasteiger partial charge in [-0.3, -0.25) is 4.72 Å². The third-order valence-corrected chi connectivity index (χ3v) is 4.38. The fraction of sp³-hybridized carbons (Fsp3) is 0.143. The Kier molecular flexibility index (Phi) is 3.13. The van der Waals surface area contributed by atoms with Crippen molar-refractivity contribution >= 4 is 21.4 Å². The Morgan fingerprint density at radius 1 is 1.14 bits per heavy atom. The molecule has 3 rings (SSSR count). The summed E-state index contributed by atoms with van der Waals surface area (Å²) < 4.78 is 29.0. The van der Waals surface area contributed by atoms with E-state index in [-0.39, 0.29) is 4.90 Å². The standard InChI is InChI=1S/C14H14N4O2S/c1-10-5-3-6-12(9-10)21(19,20)17-13-7-4-8-18-14(13)15-11(2)16-18/h3-9,17H,1-2H3. The van der Waals surface area contributed by atoms with E-state index in [0.29, 0.717) is 17.2 Å². The number of nitrogens with one attached hydrogen (secondary N) is 1. The molecule has 0 bridgehead atoms. The van der Waals surface area contributed by atoms with Gasteiger partial charge in [0.25, 0.3) is 10.0 Å². The second kappa shape index (κ2) is 4.85. The molecule has 0 fully saturated rings. The normalized spacial score (nSPS) is 11.7. The first-order valence-electron chi connectivity index (χ1n) is 6.37. The zero-order valence-electron chi connectivity index (χ0n) is 11.6. The molecule has 1 aromatic carbocycles. The molecule has 6 nitrogen and oxygen atoms in total. The molecule has 21 heavy (non-hydrogen) atoms. The third-order valence-electron chi connectivity index (χ3n) is 3.01. The number of hydrogen-bond donors (Lipinski definition) is 1. The number of fused-ring (bicyclic) bond motifs is 1. The lowest BCUT2D eigenvalue weighted by Crippen LogP contribution is -2.14. The van der Waals surface area contributed by atoms with Gasteiger partial charge in [0.15, 0.2) is 5.65 Å². The molecule has 7 heteroatoms. The zero-order valence-corrected chi connectivity index (χ0v) is 12.4. The van der Waals surface area contributed by atoms with Crippen molar-refractivity contribution in [3.05, 3.63) is 54.0 Å².